The van der Waals surface area contributed by atoms with Gasteiger partial charge in [-0.15, -0.1) is 0 Å². The van der Waals surface area contributed by atoms with E-state index in [-0.39, 0.29) is 21.7 Å². The van der Waals surface area contributed by atoms with E-state index in [2.05, 4.69) is 510 Å². The number of rotatable bonds is 10. The first-order valence-corrected chi connectivity index (χ1v) is 51.5. The zero-order chi connectivity index (χ0) is 99.6. The largest absolute Gasteiger partial charge is 0.456 e. The van der Waals surface area contributed by atoms with E-state index in [0.717, 1.165) is 163 Å². The van der Waals surface area contributed by atoms with Crippen LogP contribution in [0.15, 0.2) is 453 Å². The highest BCUT2D eigenvalue weighted by atomic mass is 16.3. The minimum absolute atomic E-state index is 0.0836. The van der Waals surface area contributed by atoms with Crippen LogP contribution in [0.5, 0.6) is 0 Å². The van der Waals surface area contributed by atoms with Crippen molar-refractivity contribution in [3.63, 3.8) is 0 Å². The Balaban J connectivity index is 0.000000105. The fourth-order valence-corrected chi connectivity index (χ4v) is 25.3. The predicted octanol–water partition coefficient (Wildman–Crippen LogP) is 34.9. The van der Waals surface area contributed by atoms with Gasteiger partial charge in [0.05, 0.1) is 84.0 Å². The zero-order valence-electron chi connectivity index (χ0n) is 83.6. The van der Waals surface area contributed by atoms with Crippen molar-refractivity contribution in [2.75, 3.05) is 0 Å². The molecule has 0 saturated carbocycles. The Morgan fingerprint density at radius 1 is 0.181 bits per heavy atom. The summed E-state index contributed by atoms with van der Waals surface area (Å²) in [6, 6.07) is 161. The molecule has 0 unspecified atom stereocenters. The quantitative estimate of drug-likeness (QED) is 0.134. The Morgan fingerprint density at radius 3 is 0.966 bits per heavy atom. The van der Waals surface area contributed by atoms with Crippen molar-refractivity contribution in [3.8, 4) is 135 Å². The van der Waals surface area contributed by atoms with E-state index in [1.807, 2.05) is 12.1 Å². The summed E-state index contributed by atoms with van der Waals surface area (Å²) in [7, 11) is 0. The van der Waals surface area contributed by atoms with E-state index < -0.39 is 0 Å². The van der Waals surface area contributed by atoms with Crippen molar-refractivity contribution in [3.05, 3.63) is 494 Å². The molecule has 11 heteroatoms. The highest BCUT2D eigenvalue weighted by Gasteiger charge is 2.45. The average Bonchev–Trinajstić information content (AvgIpc) is 1.55. The summed E-state index contributed by atoms with van der Waals surface area (Å²) in [5, 5.41) is 12.1. The number of aromatic nitrogens is 10. The summed E-state index contributed by atoms with van der Waals surface area (Å²) >= 11 is 0. The van der Waals surface area contributed by atoms with Gasteiger partial charge in [0.1, 0.15) is 11.2 Å². The van der Waals surface area contributed by atoms with Gasteiger partial charge in [0, 0.05) is 149 Å². The lowest BCUT2D eigenvalue weighted by Crippen LogP contribution is -2.17. The smallest absolute Gasteiger partial charge is 0.162 e. The number of hydrogen-bond donors (Lipinski definition) is 0. The van der Waals surface area contributed by atoms with Crippen LogP contribution in [0.2, 0.25) is 0 Å². The molecule has 0 fully saturated rings. The summed E-state index contributed by atoms with van der Waals surface area (Å²) < 4.78 is 16.0. The monoisotopic (exact) mass is 1910 g/mol. The zero-order valence-corrected chi connectivity index (χ0v) is 83.6. The van der Waals surface area contributed by atoms with Gasteiger partial charge < -0.3 is 22.7 Å². The fourth-order valence-electron chi connectivity index (χ4n) is 25.3. The molecule has 4 aliphatic carbocycles. The van der Waals surface area contributed by atoms with Crippen LogP contribution in [0.25, 0.3) is 244 Å². The first-order valence-electron chi connectivity index (χ1n) is 51.5. The highest BCUT2D eigenvalue weighted by molar-refractivity contribution is 6.21. The van der Waals surface area contributed by atoms with Gasteiger partial charge >= 0.3 is 0 Å². The second kappa shape index (κ2) is 33.0. The lowest BCUT2D eigenvalue weighted by atomic mass is 9.82. The molecule has 706 valence electrons. The Kier molecular flexibility index (Phi) is 19.3. The number of fused-ring (bicyclic) bond motifs is 27. The van der Waals surface area contributed by atoms with Gasteiger partial charge in [-0.05, 0) is 165 Å². The van der Waals surface area contributed by atoms with Crippen LogP contribution >= 0.6 is 0 Å². The molecule has 11 nitrogen and oxygen atoms in total. The van der Waals surface area contributed by atoms with Gasteiger partial charge in [-0.1, -0.05) is 389 Å². The Bertz CT molecular complexity index is 10300. The third-order valence-electron chi connectivity index (χ3n) is 32.4. The number of furan rings is 1. The molecule has 149 heavy (non-hydrogen) atoms. The maximum Gasteiger partial charge on any atom is 0.162 e. The fraction of sp³-hybridized carbons (Fsp3) is 0.0870. The summed E-state index contributed by atoms with van der Waals surface area (Å²) in [6.07, 6.45) is 0. The first kappa shape index (κ1) is 87.0. The summed E-state index contributed by atoms with van der Waals surface area (Å²) in [4.78, 5) is 32.4. The van der Waals surface area contributed by atoms with Crippen LogP contribution in [0.3, 0.4) is 0 Å². The van der Waals surface area contributed by atoms with Crippen molar-refractivity contribution >= 4 is 109 Å². The van der Waals surface area contributed by atoms with Gasteiger partial charge in [-0.3, -0.25) is 0 Å². The van der Waals surface area contributed by atoms with Gasteiger partial charge in [0.2, 0.25) is 0 Å². The molecule has 19 aromatic carbocycles. The molecule has 8 heterocycles. The molecular formula is C138H98N10O. The van der Waals surface area contributed by atoms with E-state index in [4.69, 9.17) is 34.3 Å². The molecule has 0 amide bonds. The summed E-state index contributed by atoms with van der Waals surface area (Å²) in [6.45, 7) is 18.4. The van der Waals surface area contributed by atoms with Crippen molar-refractivity contribution in [1.82, 2.24) is 48.2 Å². The number of nitrogens with zero attached hydrogens (tertiary/aromatic N) is 10. The SMILES string of the molecule is CC1(C)c2ccccc2-c2c(-c3ccccc3)nc(-c3cccc(-n4c5ccccc5c5cc6c7ccccc7n(-c7ccccc7)c6cc54)c3)nc21.CC1(C)c2ccccc2-c2c(-c3ccccc3)nc(-c3ccccc3-n3c4ccccc4c4cc5c(cc43)oc3ccccc35)nc21.CC1(C)c2ccccc2-c2cc3c4ccccc4n(-c4cccc(-c5nc(-c6ccccc6)c6c(n5)C(C)(C)c5ccccc5-6)c4)c3cc21. The van der Waals surface area contributed by atoms with Crippen LogP contribution in [-0.4, -0.2) is 48.2 Å². The van der Waals surface area contributed by atoms with Gasteiger partial charge in [-0.25, -0.2) is 29.9 Å². The van der Waals surface area contributed by atoms with E-state index in [1.165, 1.54) is 126 Å². The lowest BCUT2D eigenvalue weighted by Gasteiger charge is -2.22. The molecule has 0 aliphatic heterocycles. The van der Waals surface area contributed by atoms with E-state index in [9.17, 15) is 0 Å². The second-order valence-corrected chi connectivity index (χ2v) is 42.3. The summed E-state index contributed by atoms with van der Waals surface area (Å²) in [5.41, 5.74) is 43.4. The van der Waals surface area contributed by atoms with Gasteiger partial charge in [0.15, 0.2) is 17.5 Å². The third kappa shape index (κ3) is 13.2. The molecular weight excluding hydrogens is 1810 g/mol. The summed E-state index contributed by atoms with van der Waals surface area (Å²) in [5.74, 6) is 2.20. The molecule has 4 aliphatic rings. The van der Waals surface area contributed by atoms with E-state index in [1.54, 1.807) is 0 Å². The van der Waals surface area contributed by atoms with Crippen LogP contribution in [0.4, 0.5) is 0 Å². The maximum absolute atomic E-state index is 6.39. The van der Waals surface area contributed by atoms with Crippen molar-refractivity contribution in [1.29, 1.82) is 0 Å². The van der Waals surface area contributed by atoms with Crippen LogP contribution < -0.4 is 0 Å². The molecule has 0 saturated heterocycles. The molecule has 8 aromatic heterocycles. The van der Waals surface area contributed by atoms with Crippen molar-refractivity contribution in [2.24, 2.45) is 0 Å². The van der Waals surface area contributed by atoms with Gasteiger partial charge in [-0.2, -0.15) is 0 Å². The van der Waals surface area contributed by atoms with Crippen LogP contribution in [0.1, 0.15) is 100 Å². The van der Waals surface area contributed by atoms with Crippen LogP contribution in [-0.2, 0) is 21.7 Å². The molecule has 0 N–H and O–H groups in total. The molecule has 0 spiro atoms. The van der Waals surface area contributed by atoms with E-state index in [0.29, 0.717) is 0 Å². The van der Waals surface area contributed by atoms with E-state index >= 15 is 0 Å². The molecule has 0 radical (unpaired) electrons. The normalized spacial score (nSPS) is 13.9. The van der Waals surface area contributed by atoms with Gasteiger partial charge in [0.25, 0.3) is 0 Å². The molecule has 27 aromatic rings. The Morgan fingerprint density at radius 2 is 0.503 bits per heavy atom. The van der Waals surface area contributed by atoms with Crippen molar-refractivity contribution in [2.45, 2.75) is 77.0 Å². The Hall–Kier alpha value is -18.6. The second-order valence-electron chi connectivity index (χ2n) is 42.3. The Labute approximate surface area is 861 Å². The first-order chi connectivity index (χ1) is 73.0. The third-order valence-corrected chi connectivity index (χ3v) is 32.4. The topological polar surface area (TPSA) is 110 Å². The van der Waals surface area contributed by atoms with Crippen molar-refractivity contribution < 1.29 is 4.42 Å². The lowest BCUT2D eigenvalue weighted by molar-refractivity contribution is 0.636. The number of para-hydroxylation sites is 7. The number of hydrogen-bond acceptors (Lipinski definition) is 7. The maximum atomic E-state index is 6.39. The minimum Gasteiger partial charge on any atom is -0.456 e. The molecule has 31 rings (SSSR count). The molecule has 0 bridgehead atoms. The average molecular weight is 1910 g/mol. The highest BCUT2D eigenvalue weighted by Crippen LogP contribution is 2.58. The predicted molar refractivity (Wildman–Crippen MR) is 614 cm³/mol. The molecule has 0 atom stereocenters. The number of benzene rings is 19. The van der Waals surface area contributed by atoms with Crippen LogP contribution in [0, 0.1) is 0 Å². The standard InChI is InChI=1S/C49H34N4.C46H35N3.C43H29N3O/c1-49(2)40-25-12-9-24-37(40)45-46(31-16-5-3-6-17-31)50-48(51-47(45)49)32-18-15-21-34(28-32)53-42-27-14-11-23-36(42)39-29-38-35-22-10-13-26-41(35)52(43(38)30-44(39)53)33-19-7-4-8-20-33;1-45(2)36-22-11-8-19-31(36)34-26-35-32-20-10-13-24-39(32)49(40(35)27-38(34)45)30-18-14-17-29(25-30)44-47-42(28-15-6-5-7-16-28)41-33-21-9-12-23-37(33)46(3,4)43(41)48-44;1-43(2)33-20-10-6-18-29(33)39-40(26-14-4-3-5-15-26)44-42(45-41(39)43)30-19-8-12-22-35(30)46-34-21-11-7-16-27(34)31-24-32-28-17-9-13-23-37(28)47-38(32)25-36(31)46/h3-30H,1-2H3;5-27H,1-4H3;3-25H,1-2H3. The minimum atomic E-state index is -0.276.